The first-order valence-corrected chi connectivity index (χ1v) is 9.12. The second-order valence-electron chi connectivity index (χ2n) is 6.41. The first kappa shape index (κ1) is 23.4. The van der Waals surface area contributed by atoms with Gasteiger partial charge >= 0.3 is 5.97 Å². The summed E-state index contributed by atoms with van der Waals surface area (Å²) in [6.45, 7) is -0.391. The molecule has 0 saturated carbocycles. The second-order valence-corrected chi connectivity index (χ2v) is 6.41. The van der Waals surface area contributed by atoms with E-state index >= 15 is 0 Å². The van der Waals surface area contributed by atoms with Crippen molar-refractivity contribution in [2.45, 2.75) is 6.61 Å². The fraction of sp³-hybridized carbons (Fsp3) is 0.174. The molecule has 162 valence electrons. The lowest BCUT2D eigenvalue weighted by Gasteiger charge is -2.08. The van der Waals surface area contributed by atoms with Gasteiger partial charge in [-0.15, -0.1) is 0 Å². The Balaban J connectivity index is 2.23. The molecule has 0 aromatic heterocycles. The minimum atomic E-state index is -1.69. The lowest BCUT2D eigenvalue weighted by atomic mass is 9.97. The molecule has 2 rings (SSSR count). The predicted molar refractivity (Wildman–Crippen MR) is 112 cm³/mol. The standard InChI is InChI=1S/C23H22O8/c1-30-21-12-15(4-8-18(21)26)6-10-20(28)22(23(29)31-2)19(27)9-5-14-3-7-17(25)16(11-14)13-24/h3-12,22,24-26H,13H2,1-2H3. The van der Waals surface area contributed by atoms with Crippen LogP contribution in [-0.2, 0) is 25.7 Å². The Hall–Kier alpha value is -3.91. The third-order valence-electron chi connectivity index (χ3n) is 4.36. The van der Waals surface area contributed by atoms with Gasteiger partial charge in [-0.2, -0.15) is 0 Å². The summed E-state index contributed by atoms with van der Waals surface area (Å²) in [7, 11) is 2.45. The maximum absolute atomic E-state index is 12.5. The van der Waals surface area contributed by atoms with Crippen molar-refractivity contribution in [1.82, 2.24) is 0 Å². The smallest absolute Gasteiger partial charge is 0.324 e. The van der Waals surface area contributed by atoms with Gasteiger partial charge in [-0.05, 0) is 47.5 Å². The Morgan fingerprint density at radius 3 is 1.97 bits per heavy atom. The number of aromatic hydroxyl groups is 2. The minimum Gasteiger partial charge on any atom is -0.508 e. The van der Waals surface area contributed by atoms with Gasteiger partial charge in [0.2, 0.25) is 0 Å². The van der Waals surface area contributed by atoms with Crippen LogP contribution in [0.1, 0.15) is 16.7 Å². The summed E-state index contributed by atoms with van der Waals surface area (Å²) in [6, 6.07) is 8.72. The van der Waals surface area contributed by atoms with Crippen LogP contribution in [0, 0.1) is 5.92 Å². The molecule has 0 radical (unpaired) electrons. The van der Waals surface area contributed by atoms with Gasteiger partial charge in [0.15, 0.2) is 29.0 Å². The molecule has 0 spiro atoms. The van der Waals surface area contributed by atoms with Crippen LogP contribution in [0.4, 0.5) is 0 Å². The topological polar surface area (TPSA) is 130 Å². The lowest BCUT2D eigenvalue weighted by molar-refractivity contribution is -0.150. The van der Waals surface area contributed by atoms with Crippen molar-refractivity contribution in [2.75, 3.05) is 14.2 Å². The zero-order chi connectivity index (χ0) is 23.0. The number of benzene rings is 2. The van der Waals surface area contributed by atoms with E-state index in [4.69, 9.17) is 4.74 Å². The van der Waals surface area contributed by atoms with E-state index in [0.717, 1.165) is 19.3 Å². The Bertz CT molecular complexity index is 960. The van der Waals surface area contributed by atoms with Crippen molar-refractivity contribution in [3.8, 4) is 17.2 Å². The quantitative estimate of drug-likeness (QED) is 0.316. The van der Waals surface area contributed by atoms with Crippen molar-refractivity contribution < 1.29 is 39.2 Å². The van der Waals surface area contributed by atoms with Crippen LogP contribution < -0.4 is 4.74 Å². The molecule has 31 heavy (non-hydrogen) atoms. The molecular formula is C23H22O8. The number of hydrogen-bond donors (Lipinski definition) is 3. The highest BCUT2D eigenvalue weighted by Gasteiger charge is 2.31. The molecule has 0 amide bonds. The number of rotatable bonds is 9. The maximum atomic E-state index is 12.5. The van der Waals surface area contributed by atoms with Crippen molar-refractivity contribution in [1.29, 1.82) is 0 Å². The number of hydrogen-bond acceptors (Lipinski definition) is 8. The highest BCUT2D eigenvalue weighted by molar-refractivity contribution is 6.24. The Labute approximate surface area is 178 Å². The highest BCUT2D eigenvalue weighted by Crippen LogP contribution is 2.27. The number of carbonyl (C=O) groups is 3. The van der Waals surface area contributed by atoms with Crippen LogP contribution in [0.3, 0.4) is 0 Å². The number of aliphatic hydroxyl groups is 1. The zero-order valence-electron chi connectivity index (χ0n) is 16.9. The second kappa shape index (κ2) is 10.7. The molecule has 0 aliphatic heterocycles. The first-order valence-electron chi connectivity index (χ1n) is 9.12. The van der Waals surface area contributed by atoms with E-state index in [1.807, 2.05) is 0 Å². The molecule has 0 aliphatic rings. The van der Waals surface area contributed by atoms with Gasteiger partial charge in [0.25, 0.3) is 0 Å². The number of phenolic OH excluding ortho intramolecular Hbond substituents is 1. The fourth-order valence-electron chi connectivity index (χ4n) is 2.67. The highest BCUT2D eigenvalue weighted by atomic mass is 16.5. The number of carbonyl (C=O) groups excluding carboxylic acids is 3. The molecule has 2 aromatic rings. The Morgan fingerprint density at radius 2 is 1.45 bits per heavy atom. The normalized spacial score (nSPS) is 12.1. The van der Waals surface area contributed by atoms with Gasteiger partial charge in [0.1, 0.15) is 5.75 Å². The SMILES string of the molecule is COC(=O)C(C(=O)C=Cc1ccc(O)c(CO)c1)C(=O)C=Cc1ccc(O)c(OC)c1. The van der Waals surface area contributed by atoms with E-state index in [9.17, 15) is 29.7 Å². The van der Waals surface area contributed by atoms with E-state index in [0.29, 0.717) is 11.1 Å². The van der Waals surface area contributed by atoms with Crippen molar-refractivity contribution in [3.05, 3.63) is 65.2 Å². The lowest BCUT2D eigenvalue weighted by Crippen LogP contribution is -2.30. The van der Waals surface area contributed by atoms with E-state index in [2.05, 4.69) is 4.74 Å². The van der Waals surface area contributed by atoms with Crippen LogP contribution in [0.5, 0.6) is 17.2 Å². The molecule has 1 atom stereocenters. The number of ether oxygens (including phenoxy) is 2. The number of phenols is 2. The molecule has 0 bridgehead atoms. The molecule has 2 aromatic carbocycles. The molecule has 8 nitrogen and oxygen atoms in total. The predicted octanol–water partition coefficient (Wildman–Crippen LogP) is 2.25. The third kappa shape index (κ3) is 6.03. The van der Waals surface area contributed by atoms with Crippen molar-refractivity contribution in [2.24, 2.45) is 5.92 Å². The third-order valence-corrected chi connectivity index (χ3v) is 4.36. The average molecular weight is 426 g/mol. The number of allylic oxidation sites excluding steroid dienone is 2. The number of ketones is 2. The molecule has 3 N–H and O–H groups in total. The summed E-state index contributed by atoms with van der Waals surface area (Å²) in [5.41, 5.74) is 1.26. The summed E-state index contributed by atoms with van der Waals surface area (Å²) < 4.78 is 9.59. The van der Waals surface area contributed by atoms with Crippen molar-refractivity contribution in [3.63, 3.8) is 0 Å². The van der Waals surface area contributed by atoms with Crippen LogP contribution in [0.15, 0.2) is 48.6 Å². The monoisotopic (exact) mass is 426 g/mol. The molecule has 8 heteroatoms. The van der Waals surface area contributed by atoms with Crippen molar-refractivity contribution >= 4 is 29.7 Å². The zero-order valence-corrected chi connectivity index (χ0v) is 16.9. The van der Waals surface area contributed by atoms with E-state index < -0.39 is 30.1 Å². The van der Waals surface area contributed by atoms with Crippen LogP contribution in [0.25, 0.3) is 12.2 Å². The molecular weight excluding hydrogens is 404 g/mol. The van der Waals surface area contributed by atoms with Crippen LogP contribution in [0.2, 0.25) is 0 Å². The van der Waals surface area contributed by atoms with E-state index in [1.165, 1.54) is 55.7 Å². The van der Waals surface area contributed by atoms with Crippen LogP contribution in [-0.4, -0.2) is 47.1 Å². The van der Waals surface area contributed by atoms with Gasteiger partial charge in [-0.3, -0.25) is 14.4 Å². The summed E-state index contributed by atoms with van der Waals surface area (Å²) in [4.78, 5) is 37.1. The number of esters is 1. The summed E-state index contributed by atoms with van der Waals surface area (Å²) in [5.74, 6) is -4.23. The summed E-state index contributed by atoms with van der Waals surface area (Å²) in [6.07, 6.45) is 4.87. The molecule has 1 unspecified atom stereocenters. The van der Waals surface area contributed by atoms with Gasteiger partial charge in [-0.25, -0.2) is 0 Å². The van der Waals surface area contributed by atoms with Gasteiger partial charge in [0, 0.05) is 5.56 Å². The fourth-order valence-corrected chi connectivity index (χ4v) is 2.67. The molecule has 0 heterocycles. The van der Waals surface area contributed by atoms with Gasteiger partial charge < -0.3 is 24.8 Å². The van der Waals surface area contributed by atoms with E-state index in [-0.39, 0.29) is 22.8 Å². The summed E-state index contributed by atoms with van der Waals surface area (Å²) in [5, 5.41) is 28.4. The largest absolute Gasteiger partial charge is 0.508 e. The molecule has 0 aliphatic carbocycles. The molecule has 0 fully saturated rings. The first-order chi connectivity index (χ1) is 14.8. The maximum Gasteiger partial charge on any atom is 0.324 e. The number of methoxy groups -OCH3 is 2. The van der Waals surface area contributed by atoms with Crippen LogP contribution >= 0.6 is 0 Å². The van der Waals surface area contributed by atoms with E-state index in [1.54, 1.807) is 0 Å². The Kier molecular flexibility index (Phi) is 8.10. The average Bonchev–Trinajstić information content (AvgIpc) is 2.77. The molecule has 0 saturated heterocycles. The summed E-state index contributed by atoms with van der Waals surface area (Å²) >= 11 is 0. The van der Waals surface area contributed by atoms with Gasteiger partial charge in [0.05, 0.1) is 20.8 Å². The minimum absolute atomic E-state index is 0.0719. The van der Waals surface area contributed by atoms with Gasteiger partial charge in [-0.1, -0.05) is 24.3 Å². The Morgan fingerprint density at radius 1 is 0.903 bits per heavy atom. The number of aliphatic hydroxyl groups excluding tert-OH is 1.